The fourth-order valence-electron chi connectivity index (χ4n) is 2.54. The molecule has 0 radical (unpaired) electrons. The van der Waals surface area contributed by atoms with Gasteiger partial charge in [-0.25, -0.2) is 9.67 Å². The van der Waals surface area contributed by atoms with Gasteiger partial charge in [-0.1, -0.05) is 13.0 Å². The SMILES string of the molecule is CCc1nn(C)c2c1nc(CCl)n2-c1cccc(C#N)c1. The van der Waals surface area contributed by atoms with E-state index in [0.29, 0.717) is 11.4 Å². The van der Waals surface area contributed by atoms with E-state index in [1.165, 1.54) is 0 Å². The number of aromatic nitrogens is 4. The minimum absolute atomic E-state index is 0.300. The van der Waals surface area contributed by atoms with E-state index in [1.807, 2.05) is 34.5 Å². The number of nitriles is 1. The molecule has 3 rings (SSSR count). The van der Waals surface area contributed by atoms with E-state index in [1.54, 1.807) is 6.07 Å². The first kappa shape index (κ1) is 13.7. The van der Waals surface area contributed by atoms with Crippen molar-refractivity contribution in [3.63, 3.8) is 0 Å². The van der Waals surface area contributed by atoms with Crippen LogP contribution in [0.2, 0.25) is 0 Å². The Kier molecular flexibility index (Phi) is 3.40. The number of hydrogen-bond acceptors (Lipinski definition) is 3. The van der Waals surface area contributed by atoms with Crippen molar-refractivity contribution in [1.29, 1.82) is 5.26 Å². The van der Waals surface area contributed by atoms with Crippen LogP contribution in [0.25, 0.3) is 16.9 Å². The molecule has 0 amide bonds. The van der Waals surface area contributed by atoms with Gasteiger partial charge in [0.1, 0.15) is 11.3 Å². The molecule has 0 unspecified atom stereocenters. The summed E-state index contributed by atoms with van der Waals surface area (Å²) in [6.45, 7) is 2.05. The maximum Gasteiger partial charge on any atom is 0.163 e. The van der Waals surface area contributed by atoms with Gasteiger partial charge in [0.25, 0.3) is 0 Å². The first-order valence-electron chi connectivity index (χ1n) is 6.69. The number of fused-ring (bicyclic) bond motifs is 1. The molecule has 0 fully saturated rings. The lowest BCUT2D eigenvalue weighted by Gasteiger charge is -2.08. The fourth-order valence-corrected chi connectivity index (χ4v) is 2.72. The van der Waals surface area contributed by atoms with Crippen LogP contribution in [0.3, 0.4) is 0 Å². The Bertz CT molecular complexity index is 853. The molecule has 3 aromatic rings. The van der Waals surface area contributed by atoms with Gasteiger partial charge in [-0.2, -0.15) is 10.4 Å². The Morgan fingerprint density at radius 3 is 2.86 bits per heavy atom. The molecule has 2 heterocycles. The van der Waals surface area contributed by atoms with Gasteiger partial charge >= 0.3 is 0 Å². The number of aryl methyl sites for hydroxylation is 2. The molecule has 0 aliphatic carbocycles. The number of rotatable bonds is 3. The van der Waals surface area contributed by atoms with Crippen molar-refractivity contribution >= 4 is 22.8 Å². The van der Waals surface area contributed by atoms with Crippen molar-refractivity contribution in [3.05, 3.63) is 41.3 Å². The summed E-state index contributed by atoms with van der Waals surface area (Å²) in [6.07, 6.45) is 0.814. The van der Waals surface area contributed by atoms with Crippen molar-refractivity contribution in [3.8, 4) is 11.8 Å². The van der Waals surface area contributed by atoms with E-state index < -0.39 is 0 Å². The maximum absolute atomic E-state index is 9.08. The molecule has 5 nitrogen and oxygen atoms in total. The van der Waals surface area contributed by atoms with Crippen LogP contribution in [-0.4, -0.2) is 19.3 Å². The van der Waals surface area contributed by atoms with E-state index in [4.69, 9.17) is 16.9 Å². The second-order valence-corrected chi connectivity index (χ2v) is 5.02. The lowest BCUT2D eigenvalue weighted by atomic mass is 10.2. The fraction of sp³-hybridized carbons (Fsp3) is 0.267. The summed E-state index contributed by atoms with van der Waals surface area (Å²) in [5.41, 5.74) is 4.20. The quantitative estimate of drug-likeness (QED) is 0.699. The summed E-state index contributed by atoms with van der Waals surface area (Å²) >= 11 is 6.05. The van der Waals surface area contributed by atoms with Gasteiger partial charge in [-0.05, 0) is 24.6 Å². The summed E-state index contributed by atoms with van der Waals surface area (Å²) in [5, 5.41) is 13.6. The van der Waals surface area contributed by atoms with Gasteiger partial charge in [0.05, 0.1) is 28.9 Å². The summed E-state index contributed by atoms with van der Waals surface area (Å²) in [5.74, 6) is 1.05. The first-order chi connectivity index (χ1) is 10.2. The minimum Gasteiger partial charge on any atom is -0.280 e. The number of hydrogen-bond donors (Lipinski definition) is 0. The summed E-state index contributed by atoms with van der Waals surface area (Å²) in [4.78, 5) is 4.62. The third kappa shape index (κ3) is 2.08. The second-order valence-electron chi connectivity index (χ2n) is 4.76. The maximum atomic E-state index is 9.08. The lowest BCUT2D eigenvalue weighted by Crippen LogP contribution is -2.04. The smallest absolute Gasteiger partial charge is 0.163 e. The third-order valence-electron chi connectivity index (χ3n) is 3.46. The average molecular weight is 300 g/mol. The van der Waals surface area contributed by atoms with E-state index in [9.17, 15) is 0 Å². The predicted molar refractivity (Wildman–Crippen MR) is 81.5 cm³/mol. The standard InChI is InChI=1S/C15H14ClN5/c1-3-12-14-15(20(2)19-12)21(13(8-16)18-14)11-6-4-5-10(7-11)9-17/h4-7H,3,8H2,1-2H3. The van der Waals surface area contributed by atoms with Crippen molar-refractivity contribution in [1.82, 2.24) is 19.3 Å². The topological polar surface area (TPSA) is 59.4 Å². The number of imidazole rings is 1. The zero-order chi connectivity index (χ0) is 15.0. The Morgan fingerprint density at radius 1 is 1.38 bits per heavy atom. The summed E-state index contributed by atoms with van der Waals surface area (Å²) < 4.78 is 3.78. The molecule has 0 aliphatic heterocycles. The normalized spacial score (nSPS) is 11.0. The molecule has 0 bridgehead atoms. The van der Waals surface area contributed by atoms with Gasteiger partial charge in [-0.3, -0.25) is 4.57 Å². The van der Waals surface area contributed by atoms with Gasteiger partial charge in [0.2, 0.25) is 0 Å². The third-order valence-corrected chi connectivity index (χ3v) is 3.70. The van der Waals surface area contributed by atoms with Gasteiger partial charge in [0.15, 0.2) is 5.65 Å². The molecule has 0 atom stereocenters. The molecule has 21 heavy (non-hydrogen) atoms. The highest BCUT2D eigenvalue weighted by molar-refractivity contribution is 6.17. The second kappa shape index (κ2) is 5.23. The zero-order valence-electron chi connectivity index (χ0n) is 11.8. The lowest BCUT2D eigenvalue weighted by molar-refractivity contribution is 0.744. The van der Waals surface area contributed by atoms with Crippen LogP contribution < -0.4 is 0 Å². The molecular weight excluding hydrogens is 286 g/mol. The van der Waals surface area contributed by atoms with Crippen molar-refractivity contribution in [2.45, 2.75) is 19.2 Å². The van der Waals surface area contributed by atoms with E-state index in [0.717, 1.165) is 34.8 Å². The molecule has 0 saturated carbocycles. The van der Waals surface area contributed by atoms with Crippen LogP contribution in [-0.2, 0) is 19.3 Å². The molecule has 1 aromatic carbocycles. The van der Waals surface area contributed by atoms with E-state index >= 15 is 0 Å². The number of benzene rings is 1. The molecule has 0 spiro atoms. The molecule has 106 valence electrons. The van der Waals surface area contributed by atoms with Crippen LogP contribution in [0.5, 0.6) is 0 Å². The van der Waals surface area contributed by atoms with Gasteiger partial charge in [0, 0.05) is 7.05 Å². The van der Waals surface area contributed by atoms with E-state index in [2.05, 4.69) is 23.1 Å². The van der Waals surface area contributed by atoms with Crippen molar-refractivity contribution in [2.75, 3.05) is 0 Å². The summed E-state index contributed by atoms with van der Waals surface area (Å²) in [6, 6.07) is 9.56. The summed E-state index contributed by atoms with van der Waals surface area (Å²) in [7, 11) is 1.89. The van der Waals surface area contributed by atoms with Gasteiger partial charge < -0.3 is 0 Å². The molecule has 6 heteroatoms. The zero-order valence-corrected chi connectivity index (χ0v) is 12.6. The van der Waals surface area contributed by atoms with Crippen LogP contribution in [0.15, 0.2) is 24.3 Å². The van der Waals surface area contributed by atoms with Crippen LogP contribution in [0, 0.1) is 11.3 Å². The Hall–Kier alpha value is -2.32. The number of nitrogens with zero attached hydrogens (tertiary/aromatic N) is 5. The molecule has 0 aliphatic rings. The Labute approximate surface area is 127 Å². The van der Waals surface area contributed by atoms with E-state index in [-0.39, 0.29) is 0 Å². The largest absolute Gasteiger partial charge is 0.280 e. The highest BCUT2D eigenvalue weighted by Gasteiger charge is 2.19. The minimum atomic E-state index is 0.300. The Morgan fingerprint density at radius 2 is 2.19 bits per heavy atom. The highest BCUT2D eigenvalue weighted by Crippen LogP contribution is 2.25. The first-order valence-corrected chi connectivity index (χ1v) is 7.22. The molecular formula is C15H14ClN5. The van der Waals surface area contributed by atoms with Crippen LogP contribution >= 0.6 is 11.6 Å². The monoisotopic (exact) mass is 299 g/mol. The van der Waals surface area contributed by atoms with Crippen molar-refractivity contribution < 1.29 is 0 Å². The number of halogens is 1. The molecule has 0 saturated heterocycles. The van der Waals surface area contributed by atoms with Crippen LogP contribution in [0.4, 0.5) is 0 Å². The highest BCUT2D eigenvalue weighted by atomic mass is 35.5. The molecule has 0 N–H and O–H groups in total. The Balaban J connectivity index is 2.35. The molecule has 2 aromatic heterocycles. The van der Waals surface area contributed by atoms with Crippen molar-refractivity contribution in [2.24, 2.45) is 7.05 Å². The predicted octanol–water partition coefficient (Wildman–Crippen LogP) is 2.93. The number of alkyl halides is 1. The van der Waals surface area contributed by atoms with Crippen LogP contribution in [0.1, 0.15) is 24.0 Å². The average Bonchev–Trinajstić information content (AvgIpc) is 3.04. The van der Waals surface area contributed by atoms with Gasteiger partial charge in [-0.15, -0.1) is 11.6 Å².